The number of rotatable bonds is 2. The van der Waals surface area contributed by atoms with E-state index in [0.717, 1.165) is 33.1 Å². The average molecular weight is 329 g/mol. The maximum Gasteiger partial charge on any atom is 0.268 e. The Morgan fingerprint density at radius 1 is 1.08 bits per heavy atom. The van der Waals surface area contributed by atoms with Gasteiger partial charge in [-0.1, -0.05) is 42.5 Å². The van der Waals surface area contributed by atoms with E-state index in [1.807, 2.05) is 48.5 Å². The number of hydrogen-bond acceptors (Lipinski definition) is 3. The summed E-state index contributed by atoms with van der Waals surface area (Å²) in [6, 6.07) is 19.8. The molecule has 0 unspecified atom stereocenters. The lowest BCUT2D eigenvalue weighted by molar-refractivity contribution is -0.122. The second kappa shape index (κ2) is 5.34. The lowest BCUT2D eigenvalue weighted by Crippen LogP contribution is -2.31. The Labute approximate surface area is 143 Å². The fourth-order valence-electron chi connectivity index (χ4n) is 3.37. The minimum absolute atomic E-state index is 0.195. The molecule has 0 radical (unpaired) electrons. The van der Waals surface area contributed by atoms with Crippen LogP contribution in [0.5, 0.6) is 5.75 Å². The second-order valence-corrected chi connectivity index (χ2v) is 6.17. The topological polar surface area (TPSA) is 67.0 Å². The Morgan fingerprint density at radius 3 is 2.84 bits per heavy atom. The van der Waals surface area contributed by atoms with Gasteiger partial charge in [0.15, 0.2) is 6.10 Å². The normalized spacial score (nSPS) is 15.9. The lowest BCUT2D eigenvalue weighted by Gasteiger charge is -2.09. The highest BCUT2D eigenvalue weighted by molar-refractivity contribution is 5.97. The Balaban J connectivity index is 1.40. The number of imidazole rings is 1. The number of anilines is 1. The van der Waals surface area contributed by atoms with Gasteiger partial charge in [-0.15, -0.1) is 0 Å². The minimum Gasteiger partial charge on any atom is -0.480 e. The molecule has 1 atom stereocenters. The highest BCUT2D eigenvalue weighted by Crippen LogP contribution is 2.35. The van der Waals surface area contributed by atoms with Crippen molar-refractivity contribution in [1.82, 2.24) is 9.97 Å². The molecule has 0 aliphatic carbocycles. The van der Waals surface area contributed by atoms with E-state index in [4.69, 9.17) is 4.74 Å². The van der Waals surface area contributed by atoms with Crippen LogP contribution in [0.1, 0.15) is 5.56 Å². The third kappa shape index (κ3) is 2.32. The molecule has 5 nitrogen and oxygen atoms in total. The van der Waals surface area contributed by atoms with Crippen LogP contribution in [-0.2, 0) is 11.2 Å². The first-order valence-electron chi connectivity index (χ1n) is 8.21. The predicted octanol–water partition coefficient (Wildman–Crippen LogP) is 3.66. The summed E-state index contributed by atoms with van der Waals surface area (Å²) in [5.41, 5.74) is 2.79. The molecule has 3 aromatic carbocycles. The van der Waals surface area contributed by atoms with Crippen molar-refractivity contribution >= 4 is 33.7 Å². The number of hydrogen-bond donors (Lipinski definition) is 2. The molecule has 4 aromatic rings. The third-order valence-electron chi connectivity index (χ3n) is 4.58. The molecule has 0 fully saturated rings. The first-order valence-corrected chi connectivity index (χ1v) is 8.21. The second-order valence-electron chi connectivity index (χ2n) is 6.17. The van der Waals surface area contributed by atoms with Crippen LogP contribution < -0.4 is 10.1 Å². The van der Waals surface area contributed by atoms with Crippen molar-refractivity contribution in [2.45, 2.75) is 12.5 Å². The lowest BCUT2D eigenvalue weighted by atomic mass is 10.0. The molecule has 1 aliphatic heterocycles. The fourth-order valence-corrected chi connectivity index (χ4v) is 3.37. The number of carbonyl (C=O) groups excluding carboxylic acids is 1. The standard InChI is InChI=1S/C20H15N3O2/c24-19(23-20-21-15-7-3-4-8-16(15)22-20)18-11-14-13-6-2-1-5-12(13)9-10-17(14)25-18/h1-10,18H,11H2,(H2,21,22,23,24)/t18-/m1/s1. The first-order chi connectivity index (χ1) is 12.3. The first kappa shape index (κ1) is 14.0. The number of H-pyrrole nitrogens is 1. The number of benzene rings is 3. The third-order valence-corrected chi connectivity index (χ3v) is 4.58. The van der Waals surface area contributed by atoms with Crippen LogP contribution in [0, 0.1) is 0 Å². The van der Waals surface area contributed by atoms with Crippen LogP contribution in [0.3, 0.4) is 0 Å². The summed E-state index contributed by atoms with van der Waals surface area (Å²) in [6.07, 6.45) is 0.0111. The molecule has 5 rings (SSSR count). The van der Waals surface area contributed by atoms with Gasteiger partial charge in [0.05, 0.1) is 11.0 Å². The number of fused-ring (bicyclic) bond motifs is 4. The molecule has 1 aliphatic rings. The number of aromatic amines is 1. The maximum absolute atomic E-state index is 12.6. The molecule has 5 heteroatoms. The summed E-state index contributed by atoms with van der Waals surface area (Å²) >= 11 is 0. The van der Waals surface area contributed by atoms with Gasteiger partial charge in [-0.2, -0.15) is 0 Å². The van der Waals surface area contributed by atoms with E-state index < -0.39 is 6.10 Å². The smallest absolute Gasteiger partial charge is 0.268 e. The summed E-state index contributed by atoms with van der Waals surface area (Å²) in [6.45, 7) is 0. The largest absolute Gasteiger partial charge is 0.480 e. The van der Waals surface area contributed by atoms with Crippen LogP contribution >= 0.6 is 0 Å². The summed E-state index contributed by atoms with van der Waals surface area (Å²) in [7, 11) is 0. The van der Waals surface area contributed by atoms with Crippen molar-refractivity contribution in [3.8, 4) is 5.75 Å². The zero-order valence-electron chi connectivity index (χ0n) is 13.3. The highest BCUT2D eigenvalue weighted by atomic mass is 16.5. The van der Waals surface area contributed by atoms with Gasteiger partial charge in [-0.3, -0.25) is 10.1 Å². The van der Waals surface area contributed by atoms with E-state index in [2.05, 4.69) is 27.4 Å². The van der Waals surface area contributed by atoms with Gasteiger partial charge in [-0.05, 0) is 29.0 Å². The van der Waals surface area contributed by atoms with Crippen LogP contribution in [0.25, 0.3) is 21.8 Å². The number of nitrogens with one attached hydrogen (secondary N) is 2. The van der Waals surface area contributed by atoms with Gasteiger partial charge in [0.2, 0.25) is 5.95 Å². The highest BCUT2D eigenvalue weighted by Gasteiger charge is 2.30. The molecule has 25 heavy (non-hydrogen) atoms. The van der Waals surface area contributed by atoms with Crippen molar-refractivity contribution in [3.05, 3.63) is 66.2 Å². The summed E-state index contributed by atoms with van der Waals surface area (Å²) in [5, 5.41) is 5.12. The van der Waals surface area contributed by atoms with Crippen molar-refractivity contribution in [3.63, 3.8) is 0 Å². The van der Waals surface area contributed by atoms with E-state index in [1.54, 1.807) is 0 Å². The van der Waals surface area contributed by atoms with Crippen molar-refractivity contribution < 1.29 is 9.53 Å². The minimum atomic E-state index is -0.547. The Morgan fingerprint density at radius 2 is 1.92 bits per heavy atom. The average Bonchev–Trinajstić information content (AvgIpc) is 3.25. The number of nitrogens with zero attached hydrogens (tertiary/aromatic N) is 1. The Kier molecular flexibility index (Phi) is 3.00. The molecule has 2 N–H and O–H groups in total. The van der Waals surface area contributed by atoms with E-state index in [9.17, 15) is 4.79 Å². The quantitative estimate of drug-likeness (QED) is 0.590. The van der Waals surface area contributed by atoms with Crippen molar-refractivity contribution in [2.24, 2.45) is 0 Å². The molecule has 122 valence electrons. The number of amides is 1. The zero-order chi connectivity index (χ0) is 16.8. The summed E-state index contributed by atoms with van der Waals surface area (Å²) in [4.78, 5) is 20.1. The predicted molar refractivity (Wildman–Crippen MR) is 96.8 cm³/mol. The Hall–Kier alpha value is -3.34. The van der Waals surface area contributed by atoms with E-state index in [-0.39, 0.29) is 5.91 Å². The van der Waals surface area contributed by atoms with Crippen LogP contribution in [0.4, 0.5) is 5.95 Å². The van der Waals surface area contributed by atoms with Gasteiger partial charge >= 0.3 is 0 Å². The van der Waals surface area contributed by atoms with Gasteiger partial charge in [0, 0.05) is 12.0 Å². The monoisotopic (exact) mass is 329 g/mol. The SMILES string of the molecule is O=C(Nc1nc2ccccc2[nH]1)[C@H]1Cc2c(ccc3ccccc23)O1. The van der Waals surface area contributed by atoms with Crippen LogP contribution in [0.2, 0.25) is 0 Å². The molecule has 0 spiro atoms. The van der Waals surface area contributed by atoms with Gasteiger partial charge < -0.3 is 9.72 Å². The number of para-hydroxylation sites is 2. The summed E-state index contributed by atoms with van der Waals surface area (Å²) < 4.78 is 5.87. The van der Waals surface area contributed by atoms with Crippen molar-refractivity contribution in [2.75, 3.05) is 5.32 Å². The maximum atomic E-state index is 12.6. The van der Waals surface area contributed by atoms with Crippen LogP contribution in [0.15, 0.2) is 60.7 Å². The molecule has 0 saturated heterocycles. The number of aromatic nitrogens is 2. The molecule has 2 heterocycles. The molecule has 1 aromatic heterocycles. The van der Waals surface area contributed by atoms with Gasteiger partial charge in [0.25, 0.3) is 5.91 Å². The molecular weight excluding hydrogens is 314 g/mol. The van der Waals surface area contributed by atoms with Crippen LogP contribution in [-0.4, -0.2) is 22.0 Å². The van der Waals surface area contributed by atoms with Crippen molar-refractivity contribution in [1.29, 1.82) is 0 Å². The van der Waals surface area contributed by atoms with E-state index in [0.29, 0.717) is 12.4 Å². The molecular formula is C20H15N3O2. The molecule has 1 amide bonds. The van der Waals surface area contributed by atoms with E-state index in [1.165, 1.54) is 0 Å². The molecule has 0 saturated carbocycles. The van der Waals surface area contributed by atoms with Gasteiger partial charge in [-0.25, -0.2) is 4.98 Å². The zero-order valence-corrected chi connectivity index (χ0v) is 13.3. The fraction of sp³-hybridized carbons (Fsp3) is 0.100. The molecule has 0 bridgehead atoms. The van der Waals surface area contributed by atoms with Gasteiger partial charge in [0.1, 0.15) is 5.75 Å². The summed E-state index contributed by atoms with van der Waals surface area (Å²) in [5.74, 6) is 1.03. The number of ether oxygens (including phenoxy) is 1. The number of carbonyl (C=O) groups is 1. The Bertz CT molecular complexity index is 1080. The van der Waals surface area contributed by atoms with E-state index >= 15 is 0 Å².